The second-order valence-electron chi connectivity index (χ2n) is 4.89. The van der Waals surface area contributed by atoms with Crippen LogP contribution in [-0.2, 0) is 4.79 Å². The molecule has 1 amide bonds. The van der Waals surface area contributed by atoms with Crippen LogP contribution in [0.4, 0.5) is 11.4 Å². The van der Waals surface area contributed by atoms with Gasteiger partial charge in [0.2, 0.25) is 0 Å². The van der Waals surface area contributed by atoms with Gasteiger partial charge in [-0.15, -0.1) is 0 Å². The van der Waals surface area contributed by atoms with Crippen LogP contribution >= 0.6 is 0 Å². The average Bonchev–Trinajstić information content (AvgIpc) is 2.49. The Hall–Kier alpha value is -2.49. The van der Waals surface area contributed by atoms with Crippen LogP contribution in [0.1, 0.15) is 18.9 Å². The number of nitrogens with two attached hydrogens (primary N) is 1. The lowest BCUT2D eigenvalue weighted by Crippen LogP contribution is -2.32. The van der Waals surface area contributed by atoms with Gasteiger partial charge in [0.15, 0.2) is 6.10 Å². The summed E-state index contributed by atoms with van der Waals surface area (Å²) in [5.74, 6) is 0.513. The SMILES string of the molecule is CC[C@@H](Oc1ccccc1)C(=O)Nc1cc(N)ccc1C. The summed E-state index contributed by atoms with van der Waals surface area (Å²) in [5, 5.41) is 2.88. The van der Waals surface area contributed by atoms with E-state index >= 15 is 0 Å². The first-order valence-electron chi connectivity index (χ1n) is 6.99. The Balaban J connectivity index is 2.08. The minimum Gasteiger partial charge on any atom is -0.481 e. The van der Waals surface area contributed by atoms with E-state index in [1.54, 1.807) is 6.07 Å². The first kappa shape index (κ1) is 14.9. The number of nitrogen functional groups attached to an aromatic ring is 1. The number of hydrogen-bond donors (Lipinski definition) is 2. The number of rotatable bonds is 5. The minimum atomic E-state index is -0.534. The Kier molecular flexibility index (Phi) is 4.82. The van der Waals surface area contributed by atoms with E-state index in [1.165, 1.54) is 0 Å². The summed E-state index contributed by atoms with van der Waals surface area (Å²) in [4.78, 5) is 12.3. The zero-order valence-corrected chi connectivity index (χ0v) is 12.3. The topological polar surface area (TPSA) is 64.3 Å². The number of benzene rings is 2. The van der Waals surface area contributed by atoms with Gasteiger partial charge in [0.05, 0.1) is 0 Å². The third kappa shape index (κ3) is 3.99. The summed E-state index contributed by atoms with van der Waals surface area (Å²) >= 11 is 0. The molecule has 0 bridgehead atoms. The van der Waals surface area contributed by atoms with Crippen molar-refractivity contribution < 1.29 is 9.53 Å². The molecule has 0 saturated heterocycles. The number of nitrogens with one attached hydrogen (secondary N) is 1. The summed E-state index contributed by atoms with van der Waals surface area (Å²) < 4.78 is 5.72. The van der Waals surface area contributed by atoms with Crippen molar-refractivity contribution in [2.24, 2.45) is 0 Å². The molecule has 4 nitrogen and oxygen atoms in total. The molecule has 110 valence electrons. The Labute approximate surface area is 124 Å². The molecule has 0 aliphatic carbocycles. The molecule has 0 spiro atoms. The number of aryl methyl sites for hydroxylation is 1. The van der Waals surface area contributed by atoms with E-state index in [9.17, 15) is 4.79 Å². The Morgan fingerprint density at radius 2 is 1.95 bits per heavy atom. The maximum atomic E-state index is 12.3. The lowest BCUT2D eigenvalue weighted by Gasteiger charge is -2.18. The summed E-state index contributed by atoms with van der Waals surface area (Å²) in [5.41, 5.74) is 8.05. The molecule has 3 N–H and O–H groups in total. The van der Waals surface area contributed by atoms with Gasteiger partial charge in [-0.3, -0.25) is 4.79 Å². The molecule has 2 aromatic rings. The minimum absolute atomic E-state index is 0.171. The van der Waals surface area contributed by atoms with Crippen LogP contribution in [0, 0.1) is 6.92 Å². The van der Waals surface area contributed by atoms with Crippen LogP contribution in [-0.4, -0.2) is 12.0 Å². The molecule has 4 heteroatoms. The van der Waals surface area contributed by atoms with E-state index in [0.29, 0.717) is 17.9 Å². The molecule has 1 atom stereocenters. The summed E-state index contributed by atoms with van der Waals surface area (Å²) in [7, 11) is 0. The fraction of sp³-hybridized carbons (Fsp3) is 0.235. The first-order chi connectivity index (χ1) is 10.1. The second kappa shape index (κ2) is 6.79. The number of hydrogen-bond acceptors (Lipinski definition) is 3. The number of para-hydroxylation sites is 1. The van der Waals surface area contributed by atoms with Gasteiger partial charge >= 0.3 is 0 Å². The van der Waals surface area contributed by atoms with Crippen molar-refractivity contribution in [3.8, 4) is 5.75 Å². The number of amides is 1. The van der Waals surface area contributed by atoms with Gasteiger partial charge in [-0.1, -0.05) is 31.2 Å². The first-order valence-corrected chi connectivity index (χ1v) is 6.99. The van der Waals surface area contributed by atoms with E-state index in [-0.39, 0.29) is 5.91 Å². The van der Waals surface area contributed by atoms with Crippen molar-refractivity contribution in [3.63, 3.8) is 0 Å². The maximum Gasteiger partial charge on any atom is 0.265 e. The molecule has 2 aromatic carbocycles. The van der Waals surface area contributed by atoms with Crippen LogP contribution in [0.15, 0.2) is 48.5 Å². The maximum absolute atomic E-state index is 12.3. The molecule has 0 aliphatic rings. The molecule has 0 aromatic heterocycles. The summed E-state index contributed by atoms with van der Waals surface area (Å²) in [6.45, 7) is 3.84. The van der Waals surface area contributed by atoms with Gasteiger partial charge in [-0.2, -0.15) is 0 Å². The van der Waals surface area contributed by atoms with Crippen molar-refractivity contribution in [1.29, 1.82) is 0 Å². The van der Waals surface area contributed by atoms with Gasteiger partial charge in [0.1, 0.15) is 5.75 Å². The van der Waals surface area contributed by atoms with Gasteiger partial charge in [-0.05, 0) is 43.2 Å². The number of ether oxygens (including phenoxy) is 1. The normalized spacial score (nSPS) is 11.7. The average molecular weight is 284 g/mol. The fourth-order valence-electron chi connectivity index (χ4n) is 1.97. The molecule has 0 radical (unpaired) electrons. The van der Waals surface area contributed by atoms with Crippen LogP contribution < -0.4 is 15.8 Å². The number of carbonyl (C=O) groups excluding carboxylic acids is 1. The lowest BCUT2D eigenvalue weighted by molar-refractivity contribution is -0.122. The number of carbonyl (C=O) groups is 1. The highest BCUT2D eigenvalue weighted by Crippen LogP contribution is 2.19. The Morgan fingerprint density at radius 1 is 1.24 bits per heavy atom. The predicted octanol–water partition coefficient (Wildman–Crippen LogP) is 3.37. The van der Waals surface area contributed by atoms with Crippen molar-refractivity contribution in [2.75, 3.05) is 11.1 Å². The Bertz CT molecular complexity index is 611. The van der Waals surface area contributed by atoms with Crippen molar-refractivity contribution in [2.45, 2.75) is 26.4 Å². The van der Waals surface area contributed by atoms with Gasteiger partial charge in [-0.25, -0.2) is 0 Å². The molecule has 0 aliphatic heterocycles. The zero-order valence-electron chi connectivity index (χ0n) is 12.3. The third-order valence-electron chi connectivity index (χ3n) is 3.20. The quantitative estimate of drug-likeness (QED) is 0.827. The molecule has 0 heterocycles. The molecule has 0 unspecified atom stereocenters. The highest BCUT2D eigenvalue weighted by molar-refractivity contribution is 5.95. The largest absolute Gasteiger partial charge is 0.481 e. The number of anilines is 2. The molecule has 2 rings (SSSR count). The van der Waals surface area contributed by atoms with Crippen LogP contribution in [0.3, 0.4) is 0 Å². The van der Waals surface area contributed by atoms with E-state index in [2.05, 4.69) is 5.32 Å². The molecule has 0 saturated carbocycles. The summed E-state index contributed by atoms with van der Waals surface area (Å²) in [6.07, 6.45) is 0.0514. The Morgan fingerprint density at radius 3 is 2.62 bits per heavy atom. The molecular weight excluding hydrogens is 264 g/mol. The highest BCUT2D eigenvalue weighted by Gasteiger charge is 2.19. The molecular formula is C17H20N2O2. The van der Waals surface area contributed by atoms with Gasteiger partial charge in [0.25, 0.3) is 5.91 Å². The van der Waals surface area contributed by atoms with Crippen molar-refractivity contribution >= 4 is 17.3 Å². The van der Waals surface area contributed by atoms with E-state index in [0.717, 1.165) is 11.3 Å². The van der Waals surface area contributed by atoms with E-state index in [1.807, 2.05) is 56.3 Å². The standard InChI is InChI=1S/C17H20N2O2/c1-3-16(21-14-7-5-4-6-8-14)17(20)19-15-11-13(18)10-9-12(15)2/h4-11,16H,3,18H2,1-2H3,(H,19,20)/t16-/m1/s1. The van der Waals surface area contributed by atoms with Crippen LogP contribution in [0.2, 0.25) is 0 Å². The second-order valence-corrected chi connectivity index (χ2v) is 4.89. The third-order valence-corrected chi connectivity index (χ3v) is 3.20. The molecule has 0 fully saturated rings. The van der Waals surface area contributed by atoms with Crippen LogP contribution in [0.25, 0.3) is 0 Å². The predicted molar refractivity (Wildman–Crippen MR) is 85.4 cm³/mol. The fourth-order valence-corrected chi connectivity index (χ4v) is 1.97. The molecule has 21 heavy (non-hydrogen) atoms. The van der Waals surface area contributed by atoms with Crippen LogP contribution in [0.5, 0.6) is 5.75 Å². The lowest BCUT2D eigenvalue weighted by atomic mass is 10.1. The summed E-state index contributed by atoms with van der Waals surface area (Å²) in [6, 6.07) is 14.8. The van der Waals surface area contributed by atoms with E-state index < -0.39 is 6.10 Å². The van der Waals surface area contributed by atoms with Gasteiger partial charge < -0.3 is 15.8 Å². The van der Waals surface area contributed by atoms with E-state index in [4.69, 9.17) is 10.5 Å². The monoisotopic (exact) mass is 284 g/mol. The van der Waals surface area contributed by atoms with Gasteiger partial charge in [0, 0.05) is 11.4 Å². The highest BCUT2D eigenvalue weighted by atomic mass is 16.5. The van der Waals surface area contributed by atoms with Crippen molar-refractivity contribution in [1.82, 2.24) is 0 Å². The zero-order chi connectivity index (χ0) is 15.2. The smallest absolute Gasteiger partial charge is 0.265 e. The van der Waals surface area contributed by atoms with Crippen molar-refractivity contribution in [3.05, 3.63) is 54.1 Å².